The fraction of sp³-hybridized carbons (Fsp3) is 0.950. The smallest absolute Gasteiger partial charge is 0.193 e. The molecule has 2 unspecified atom stereocenters. The summed E-state index contributed by atoms with van der Waals surface area (Å²) in [6.07, 6.45) is 2.43. The zero-order valence-electron chi connectivity index (χ0n) is 17.5. The molecule has 0 aliphatic carbocycles. The first-order valence-corrected chi connectivity index (χ1v) is 10.8. The van der Waals surface area contributed by atoms with Crippen molar-refractivity contribution >= 4 is 5.96 Å². The Labute approximate surface area is 165 Å². The Kier molecular flexibility index (Phi) is 8.18. The van der Waals surface area contributed by atoms with E-state index in [1.807, 2.05) is 7.05 Å². The maximum absolute atomic E-state index is 5.54. The van der Waals surface area contributed by atoms with Gasteiger partial charge in [-0.3, -0.25) is 14.8 Å². The van der Waals surface area contributed by atoms with E-state index in [1.54, 1.807) is 0 Å². The number of likely N-dealkylation sites (tertiary alicyclic amines) is 1. The molecule has 0 aromatic heterocycles. The first kappa shape index (κ1) is 20.8. The lowest BCUT2D eigenvalue weighted by molar-refractivity contribution is 0.0131. The Hall–Kier alpha value is -0.890. The van der Waals surface area contributed by atoms with Gasteiger partial charge in [0.25, 0.3) is 0 Å². The van der Waals surface area contributed by atoms with E-state index in [4.69, 9.17) is 9.47 Å². The molecular weight excluding hydrogens is 342 g/mol. The number of ether oxygens (including phenoxy) is 2. The number of nitrogens with one attached hydrogen (secondary N) is 1. The number of nitrogens with zero attached hydrogens (tertiary/aromatic N) is 4. The van der Waals surface area contributed by atoms with E-state index in [1.165, 1.54) is 12.8 Å². The van der Waals surface area contributed by atoms with E-state index in [2.05, 4.69) is 38.9 Å². The highest BCUT2D eigenvalue weighted by Gasteiger charge is 2.31. The molecular formula is C20H39N5O2. The highest BCUT2D eigenvalue weighted by molar-refractivity contribution is 5.80. The molecule has 7 heteroatoms. The number of guanidine groups is 1. The van der Waals surface area contributed by atoms with Crippen molar-refractivity contribution in [3.63, 3.8) is 0 Å². The van der Waals surface area contributed by atoms with Crippen LogP contribution in [0.1, 0.15) is 26.7 Å². The molecule has 7 nitrogen and oxygen atoms in total. The van der Waals surface area contributed by atoms with E-state index in [-0.39, 0.29) is 0 Å². The van der Waals surface area contributed by atoms with Crippen molar-refractivity contribution in [3.05, 3.63) is 0 Å². The average Bonchev–Trinajstić information content (AvgIpc) is 3.19. The molecule has 0 bridgehead atoms. The minimum Gasteiger partial charge on any atom is -0.379 e. The molecule has 3 aliphatic rings. The van der Waals surface area contributed by atoms with Gasteiger partial charge in [-0.15, -0.1) is 0 Å². The quantitative estimate of drug-likeness (QED) is 0.540. The topological polar surface area (TPSA) is 52.6 Å². The van der Waals surface area contributed by atoms with Gasteiger partial charge in [0.2, 0.25) is 0 Å². The monoisotopic (exact) mass is 381 g/mol. The van der Waals surface area contributed by atoms with Gasteiger partial charge in [-0.2, -0.15) is 0 Å². The normalized spacial score (nSPS) is 27.3. The van der Waals surface area contributed by atoms with Gasteiger partial charge in [0.15, 0.2) is 5.96 Å². The Bertz CT molecular complexity index is 461. The summed E-state index contributed by atoms with van der Waals surface area (Å²) in [6.45, 7) is 15.4. The second kappa shape index (κ2) is 10.6. The first-order chi connectivity index (χ1) is 13.2. The largest absolute Gasteiger partial charge is 0.379 e. The number of hydrogen-bond donors (Lipinski definition) is 1. The fourth-order valence-corrected chi connectivity index (χ4v) is 4.56. The number of aliphatic imine (C=N–C) groups is 1. The summed E-state index contributed by atoms with van der Waals surface area (Å²) in [4.78, 5) is 12.2. The van der Waals surface area contributed by atoms with Gasteiger partial charge in [-0.05, 0) is 18.8 Å². The summed E-state index contributed by atoms with van der Waals surface area (Å²) in [5.74, 6) is 1.76. The zero-order chi connectivity index (χ0) is 19.1. The highest BCUT2D eigenvalue weighted by Crippen LogP contribution is 2.18. The van der Waals surface area contributed by atoms with Crippen molar-refractivity contribution in [2.75, 3.05) is 79.3 Å². The number of rotatable bonds is 6. The van der Waals surface area contributed by atoms with Crippen molar-refractivity contribution in [3.8, 4) is 0 Å². The van der Waals surface area contributed by atoms with Crippen LogP contribution in [0.15, 0.2) is 4.99 Å². The van der Waals surface area contributed by atoms with Crippen LogP contribution < -0.4 is 5.32 Å². The summed E-state index contributed by atoms with van der Waals surface area (Å²) in [5, 5.41) is 3.69. The summed E-state index contributed by atoms with van der Waals surface area (Å²) in [7, 11) is 1.91. The van der Waals surface area contributed by atoms with Crippen LogP contribution in [0.5, 0.6) is 0 Å². The third-order valence-corrected chi connectivity index (χ3v) is 6.04. The predicted octanol–water partition coefficient (Wildman–Crippen LogP) is 0.715. The summed E-state index contributed by atoms with van der Waals surface area (Å²) in [5.41, 5.74) is 0. The molecule has 3 rings (SSSR count). The molecule has 156 valence electrons. The first-order valence-electron chi connectivity index (χ1n) is 10.8. The van der Waals surface area contributed by atoms with Crippen LogP contribution in [-0.2, 0) is 9.47 Å². The van der Waals surface area contributed by atoms with Gasteiger partial charge in [0.1, 0.15) is 0 Å². The fourth-order valence-electron chi connectivity index (χ4n) is 4.56. The van der Waals surface area contributed by atoms with Crippen molar-refractivity contribution in [1.29, 1.82) is 0 Å². The molecule has 3 aliphatic heterocycles. The molecule has 2 atom stereocenters. The van der Waals surface area contributed by atoms with Crippen LogP contribution in [0.2, 0.25) is 0 Å². The van der Waals surface area contributed by atoms with E-state index in [0.717, 1.165) is 78.2 Å². The Morgan fingerprint density at radius 3 is 2.33 bits per heavy atom. The van der Waals surface area contributed by atoms with E-state index < -0.39 is 0 Å². The Balaban J connectivity index is 1.51. The molecule has 0 aromatic carbocycles. The lowest BCUT2D eigenvalue weighted by atomic mass is 10.0. The van der Waals surface area contributed by atoms with Crippen LogP contribution in [-0.4, -0.2) is 112 Å². The van der Waals surface area contributed by atoms with Gasteiger partial charge < -0.3 is 19.7 Å². The SMILES string of the molecule is CN=C(NCC(CC(C)C)N1CCOCC1)N1CCC(N2CCOCC2)C1. The Morgan fingerprint density at radius 2 is 1.70 bits per heavy atom. The Morgan fingerprint density at radius 1 is 1.04 bits per heavy atom. The molecule has 3 fully saturated rings. The van der Waals surface area contributed by atoms with E-state index in [9.17, 15) is 0 Å². The second-order valence-corrected chi connectivity index (χ2v) is 8.40. The molecule has 3 saturated heterocycles. The van der Waals surface area contributed by atoms with E-state index in [0.29, 0.717) is 18.0 Å². The summed E-state index contributed by atoms with van der Waals surface area (Å²) >= 11 is 0. The van der Waals surface area contributed by atoms with Crippen LogP contribution in [0.25, 0.3) is 0 Å². The van der Waals surface area contributed by atoms with Gasteiger partial charge in [0, 0.05) is 64.9 Å². The molecule has 0 amide bonds. The molecule has 27 heavy (non-hydrogen) atoms. The highest BCUT2D eigenvalue weighted by atomic mass is 16.5. The van der Waals surface area contributed by atoms with Gasteiger partial charge in [0.05, 0.1) is 26.4 Å². The molecule has 1 N–H and O–H groups in total. The molecule has 0 spiro atoms. The minimum absolute atomic E-state index is 0.545. The van der Waals surface area contributed by atoms with Crippen molar-refractivity contribution in [2.45, 2.75) is 38.8 Å². The zero-order valence-corrected chi connectivity index (χ0v) is 17.5. The van der Waals surface area contributed by atoms with E-state index >= 15 is 0 Å². The lowest BCUT2D eigenvalue weighted by Crippen LogP contribution is -2.52. The average molecular weight is 382 g/mol. The molecule has 0 saturated carbocycles. The summed E-state index contributed by atoms with van der Waals surface area (Å²) in [6, 6.07) is 1.18. The standard InChI is InChI=1S/C20H39N5O2/c1-17(2)14-19(24-8-12-27-13-9-24)15-22-20(21-3)25-5-4-18(16-25)23-6-10-26-11-7-23/h17-19H,4-16H2,1-3H3,(H,21,22). The maximum atomic E-state index is 5.54. The molecule has 0 aromatic rings. The van der Waals surface area contributed by atoms with Crippen LogP contribution >= 0.6 is 0 Å². The van der Waals surface area contributed by atoms with Crippen LogP contribution in [0.3, 0.4) is 0 Å². The van der Waals surface area contributed by atoms with Gasteiger partial charge >= 0.3 is 0 Å². The minimum atomic E-state index is 0.545. The second-order valence-electron chi connectivity index (χ2n) is 8.40. The number of morpholine rings is 2. The van der Waals surface area contributed by atoms with Crippen molar-refractivity contribution in [1.82, 2.24) is 20.0 Å². The molecule has 3 heterocycles. The lowest BCUT2D eigenvalue weighted by Gasteiger charge is -2.36. The molecule has 0 radical (unpaired) electrons. The predicted molar refractivity (Wildman–Crippen MR) is 109 cm³/mol. The van der Waals surface area contributed by atoms with Crippen molar-refractivity contribution in [2.24, 2.45) is 10.9 Å². The van der Waals surface area contributed by atoms with Crippen LogP contribution in [0, 0.1) is 5.92 Å². The number of hydrogen-bond acceptors (Lipinski definition) is 5. The summed E-state index contributed by atoms with van der Waals surface area (Å²) < 4.78 is 11.0. The van der Waals surface area contributed by atoms with Crippen LogP contribution in [0.4, 0.5) is 0 Å². The third kappa shape index (κ3) is 6.04. The maximum Gasteiger partial charge on any atom is 0.193 e. The third-order valence-electron chi connectivity index (χ3n) is 6.04. The van der Waals surface area contributed by atoms with Crippen molar-refractivity contribution < 1.29 is 9.47 Å². The van der Waals surface area contributed by atoms with Gasteiger partial charge in [-0.25, -0.2) is 0 Å². The van der Waals surface area contributed by atoms with Gasteiger partial charge in [-0.1, -0.05) is 13.8 Å².